The van der Waals surface area contributed by atoms with Crippen LogP contribution in [0.25, 0.3) is 0 Å². The Balaban J connectivity index is 2.33. The molecule has 2 aromatic rings. The van der Waals surface area contributed by atoms with Gasteiger partial charge in [0, 0.05) is 6.54 Å². The van der Waals surface area contributed by atoms with Crippen molar-refractivity contribution in [2.45, 2.75) is 24.7 Å². The molecular formula is C19H21ClN2O5S. The van der Waals surface area contributed by atoms with Crippen molar-refractivity contribution in [2.24, 2.45) is 0 Å². The Morgan fingerprint density at radius 1 is 1.11 bits per heavy atom. The SMILES string of the molecule is CCCCNC(=O)c1ccccc1NS(=O)(=O)c1ccc(Cl)c(C(=O)OC)c1. The van der Waals surface area contributed by atoms with Crippen LogP contribution in [0.1, 0.15) is 40.5 Å². The number of amides is 1. The van der Waals surface area contributed by atoms with Crippen molar-refractivity contribution in [2.75, 3.05) is 18.4 Å². The number of anilines is 1. The molecule has 0 unspecified atom stereocenters. The van der Waals surface area contributed by atoms with Gasteiger partial charge in [0.05, 0.1) is 33.8 Å². The van der Waals surface area contributed by atoms with E-state index in [-0.39, 0.29) is 32.6 Å². The third kappa shape index (κ3) is 5.24. The number of para-hydroxylation sites is 1. The van der Waals surface area contributed by atoms with Gasteiger partial charge in [0.2, 0.25) is 0 Å². The lowest BCUT2D eigenvalue weighted by atomic mass is 10.1. The highest BCUT2D eigenvalue weighted by atomic mass is 35.5. The number of halogens is 1. The standard InChI is InChI=1S/C19H21ClN2O5S/c1-3-4-11-21-18(23)14-7-5-6-8-17(14)22-28(25,26)13-9-10-16(20)15(12-13)19(24)27-2/h5-10,12,22H,3-4,11H2,1-2H3,(H,21,23). The van der Waals surface area contributed by atoms with Gasteiger partial charge >= 0.3 is 5.97 Å². The van der Waals surface area contributed by atoms with E-state index in [9.17, 15) is 18.0 Å². The number of carbonyl (C=O) groups is 2. The predicted molar refractivity (Wildman–Crippen MR) is 107 cm³/mol. The van der Waals surface area contributed by atoms with E-state index in [4.69, 9.17) is 11.6 Å². The zero-order chi connectivity index (χ0) is 20.7. The summed E-state index contributed by atoms with van der Waals surface area (Å²) in [4.78, 5) is 23.9. The summed E-state index contributed by atoms with van der Waals surface area (Å²) in [5.74, 6) is -1.13. The highest BCUT2D eigenvalue weighted by molar-refractivity contribution is 7.92. The first-order valence-corrected chi connectivity index (χ1v) is 10.4. The van der Waals surface area contributed by atoms with Crippen molar-refractivity contribution in [1.29, 1.82) is 0 Å². The van der Waals surface area contributed by atoms with Gasteiger partial charge in [-0.15, -0.1) is 0 Å². The Morgan fingerprint density at radius 2 is 1.82 bits per heavy atom. The molecule has 0 fully saturated rings. The molecule has 0 heterocycles. The molecule has 0 spiro atoms. The van der Waals surface area contributed by atoms with Gasteiger partial charge < -0.3 is 10.1 Å². The van der Waals surface area contributed by atoms with E-state index in [1.54, 1.807) is 12.1 Å². The zero-order valence-corrected chi connectivity index (χ0v) is 17.1. The van der Waals surface area contributed by atoms with E-state index in [0.29, 0.717) is 6.54 Å². The molecule has 0 aromatic heterocycles. The molecule has 150 valence electrons. The van der Waals surface area contributed by atoms with Crippen LogP contribution in [0.4, 0.5) is 5.69 Å². The number of esters is 1. The monoisotopic (exact) mass is 424 g/mol. The van der Waals surface area contributed by atoms with E-state index in [0.717, 1.165) is 18.9 Å². The van der Waals surface area contributed by atoms with Gasteiger partial charge in [-0.1, -0.05) is 37.1 Å². The third-order valence-corrected chi connectivity index (χ3v) is 5.58. The van der Waals surface area contributed by atoms with Crippen LogP contribution >= 0.6 is 11.6 Å². The van der Waals surface area contributed by atoms with Gasteiger partial charge in [0.1, 0.15) is 0 Å². The van der Waals surface area contributed by atoms with Crippen LogP contribution in [0, 0.1) is 0 Å². The lowest BCUT2D eigenvalue weighted by Gasteiger charge is -2.13. The Hall–Kier alpha value is -2.58. The van der Waals surface area contributed by atoms with Crippen LogP contribution < -0.4 is 10.0 Å². The maximum atomic E-state index is 12.8. The van der Waals surface area contributed by atoms with E-state index in [1.807, 2.05) is 6.92 Å². The number of rotatable bonds is 8. The number of carbonyl (C=O) groups excluding carboxylic acids is 2. The normalized spacial score (nSPS) is 11.0. The van der Waals surface area contributed by atoms with Crippen LogP contribution in [0.5, 0.6) is 0 Å². The highest BCUT2D eigenvalue weighted by Crippen LogP contribution is 2.24. The van der Waals surface area contributed by atoms with E-state index in [2.05, 4.69) is 14.8 Å². The number of nitrogens with one attached hydrogen (secondary N) is 2. The summed E-state index contributed by atoms with van der Waals surface area (Å²) in [6.45, 7) is 2.50. The molecule has 0 saturated heterocycles. The number of sulfonamides is 1. The molecule has 0 bridgehead atoms. The van der Waals surface area contributed by atoms with Gasteiger partial charge in [-0.2, -0.15) is 0 Å². The average molecular weight is 425 g/mol. The smallest absolute Gasteiger partial charge is 0.339 e. The molecule has 0 aliphatic rings. The first-order valence-electron chi connectivity index (χ1n) is 8.58. The van der Waals surface area contributed by atoms with Gasteiger partial charge in [0.25, 0.3) is 15.9 Å². The van der Waals surface area contributed by atoms with Gasteiger partial charge in [-0.05, 0) is 36.8 Å². The largest absolute Gasteiger partial charge is 0.465 e. The molecule has 0 saturated carbocycles. The van der Waals surface area contributed by atoms with Crippen molar-refractivity contribution in [3.05, 3.63) is 58.6 Å². The molecular weight excluding hydrogens is 404 g/mol. The molecule has 0 radical (unpaired) electrons. The molecule has 0 aliphatic heterocycles. The minimum Gasteiger partial charge on any atom is -0.465 e. The minimum absolute atomic E-state index is 0.0708. The topological polar surface area (TPSA) is 102 Å². The molecule has 0 atom stereocenters. The summed E-state index contributed by atoms with van der Waals surface area (Å²) in [7, 11) is -2.90. The first kappa shape index (κ1) is 21.7. The molecule has 2 aromatic carbocycles. The first-order chi connectivity index (χ1) is 13.3. The molecule has 9 heteroatoms. The number of methoxy groups -OCH3 is 1. The molecule has 1 amide bonds. The molecule has 28 heavy (non-hydrogen) atoms. The minimum atomic E-state index is -4.07. The summed E-state index contributed by atoms with van der Waals surface area (Å²) in [6, 6.07) is 9.96. The van der Waals surface area contributed by atoms with E-state index >= 15 is 0 Å². The fourth-order valence-electron chi connectivity index (χ4n) is 2.39. The Bertz CT molecular complexity index is 976. The Labute approximate surface area is 169 Å². The summed E-state index contributed by atoms with van der Waals surface area (Å²) >= 11 is 5.94. The van der Waals surface area contributed by atoms with Crippen molar-refractivity contribution in [1.82, 2.24) is 5.32 Å². The molecule has 2 rings (SSSR count). The van der Waals surface area contributed by atoms with Crippen molar-refractivity contribution < 1.29 is 22.7 Å². The van der Waals surface area contributed by atoms with Gasteiger partial charge in [0.15, 0.2) is 0 Å². The quantitative estimate of drug-likeness (QED) is 0.499. The summed E-state index contributed by atoms with van der Waals surface area (Å²) in [6.07, 6.45) is 1.74. The second kappa shape index (κ2) is 9.57. The van der Waals surface area contributed by atoms with Crippen LogP contribution in [-0.4, -0.2) is 33.9 Å². The fraction of sp³-hybridized carbons (Fsp3) is 0.263. The van der Waals surface area contributed by atoms with Crippen LogP contribution in [-0.2, 0) is 14.8 Å². The van der Waals surface area contributed by atoms with Crippen LogP contribution in [0.15, 0.2) is 47.4 Å². The van der Waals surface area contributed by atoms with Crippen molar-refractivity contribution in [3.8, 4) is 0 Å². The summed E-state index contributed by atoms with van der Waals surface area (Å²) in [5.41, 5.74) is 0.257. The number of unbranched alkanes of at least 4 members (excludes halogenated alkanes) is 1. The number of hydrogen-bond acceptors (Lipinski definition) is 5. The van der Waals surface area contributed by atoms with Crippen LogP contribution in [0.3, 0.4) is 0 Å². The number of ether oxygens (including phenoxy) is 1. The lowest BCUT2D eigenvalue weighted by molar-refractivity contribution is 0.0600. The molecule has 0 aliphatic carbocycles. The summed E-state index contributed by atoms with van der Waals surface area (Å²) < 4.78 is 32.5. The van der Waals surface area contributed by atoms with Crippen molar-refractivity contribution in [3.63, 3.8) is 0 Å². The second-order valence-corrected chi connectivity index (χ2v) is 7.98. The average Bonchev–Trinajstić information content (AvgIpc) is 2.67. The Morgan fingerprint density at radius 3 is 2.50 bits per heavy atom. The zero-order valence-electron chi connectivity index (χ0n) is 15.5. The second-order valence-electron chi connectivity index (χ2n) is 5.89. The van der Waals surface area contributed by atoms with Gasteiger partial charge in [-0.3, -0.25) is 9.52 Å². The highest BCUT2D eigenvalue weighted by Gasteiger charge is 2.21. The van der Waals surface area contributed by atoms with Crippen LogP contribution in [0.2, 0.25) is 5.02 Å². The van der Waals surface area contributed by atoms with E-state index < -0.39 is 16.0 Å². The number of hydrogen-bond donors (Lipinski definition) is 2. The predicted octanol–water partition coefficient (Wildman–Crippen LogP) is 3.46. The maximum Gasteiger partial charge on any atom is 0.339 e. The van der Waals surface area contributed by atoms with E-state index in [1.165, 1.54) is 31.4 Å². The molecule has 7 nitrogen and oxygen atoms in total. The van der Waals surface area contributed by atoms with Gasteiger partial charge in [-0.25, -0.2) is 13.2 Å². The third-order valence-electron chi connectivity index (χ3n) is 3.89. The Kier molecular flexibility index (Phi) is 7.42. The maximum absolute atomic E-state index is 12.8. The summed E-state index contributed by atoms with van der Waals surface area (Å²) in [5, 5.41) is 2.82. The number of benzene rings is 2. The fourth-order valence-corrected chi connectivity index (χ4v) is 3.69. The molecule has 2 N–H and O–H groups in total. The lowest BCUT2D eigenvalue weighted by Crippen LogP contribution is -2.26. The van der Waals surface area contributed by atoms with Crippen molar-refractivity contribution >= 4 is 39.2 Å².